The molecule has 1 aliphatic rings. The molecule has 0 saturated carbocycles. The van der Waals surface area contributed by atoms with E-state index in [1.807, 2.05) is 0 Å². The number of rotatable bonds is 6. The van der Waals surface area contributed by atoms with Crippen LogP contribution in [0.5, 0.6) is 0 Å². The van der Waals surface area contributed by atoms with E-state index in [-0.39, 0.29) is 12.3 Å². The highest BCUT2D eigenvalue weighted by atomic mass is 32.2. The maximum absolute atomic E-state index is 12.1. The van der Waals surface area contributed by atoms with Crippen molar-refractivity contribution >= 4 is 15.7 Å². The number of methoxy groups -OCH3 is 1. The first-order valence-electron chi connectivity index (χ1n) is 6.39. The summed E-state index contributed by atoms with van der Waals surface area (Å²) in [5.41, 5.74) is 6.30. The number of benzene rings is 1. The Kier molecular flexibility index (Phi) is 4.64. The maximum atomic E-state index is 12.1. The van der Waals surface area contributed by atoms with Crippen molar-refractivity contribution in [1.82, 2.24) is 4.72 Å². The van der Waals surface area contributed by atoms with Gasteiger partial charge in [0.05, 0.1) is 12.4 Å². The first-order chi connectivity index (χ1) is 9.45. The van der Waals surface area contributed by atoms with E-state index in [4.69, 9.17) is 15.2 Å². The van der Waals surface area contributed by atoms with Crippen LogP contribution in [0.25, 0.3) is 0 Å². The van der Waals surface area contributed by atoms with Crippen LogP contribution >= 0.6 is 0 Å². The van der Waals surface area contributed by atoms with Gasteiger partial charge in [0.1, 0.15) is 5.60 Å². The molecular formula is C13H20N2O4S. The molecule has 1 aromatic carbocycles. The van der Waals surface area contributed by atoms with E-state index >= 15 is 0 Å². The van der Waals surface area contributed by atoms with Crippen molar-refractivity contribution in [3.63, 3.8) is 0 Å². The topological polar surface area (TPSA) is 90.7 Å². The van der Waals surface area contributed by atoms with Gasteiger partial charge in [-0.2, -0.15) is 0 Å². The van der Waals surface area contributed by atoms with Crippen LogP contribution in [0.15, 0.2) is 24.3 Å². The molecule has 0 aliphatic carbocycles. The second-order valence-electron chi connectivity index (χ2n) is 5.01. The first-order valence-corrected chi connectivity index (χ1v) is 8.05. The van der Waals surface area contributed by atoms with E-state index in [1.165, 1.54) is 0 Å². The third-order valence-corrected chi connectivity index (χ3v) is 4.72. The van der Waals surface area contributed by atoms with E-state index < -0.39 is 15.6 Å². The van der Waals surface area contributed by atoms with Crippen LogP contribution in [0.4, 0.5) is 5.69 Å². The lowest BCUT2D eigenvalue weighted by Crippen LogP contribution is -2.45. The summed E-state index contributed by atoms with van der Waals surface area (Å²) < 4.78 is 37.4. The highest BCUT2D eigenvalue weighted by molar-refractivity contribution is 7.88. The van der Waals surface area contributed by atoms with Gasteiger partial charge < -0.3 is 15.2 Å². The largest absolute Gasteiger partial charge is 0.399 e. The molecule has 1 fully saturated rings. The van der Waals surface area contributed by atoms with Crippen LogP contribution in [0, 0.1) is 0 Å². The molecule has 1 atom stereocenters. The molecule has 0 spiro atoms. The zero-order valence-electron chi connectivity index (χ0n) is 11.5. The summed E-state index contributed by atoms with van der Waals surface area (Å²) in [5, 5.41) is 0. The van der Waals surface area contributed by atoms with Crippen LogP contribution in [-0.2, 0) is 25.2 Å². The molecule has 0 bridgehead atoms. The van der Waals surface area contributed by atoms with Gasteiger partial charge >= 0.3 is 0 Å². The van der Waals surface area contributed by atoms with Crippen LogP contribution in [-0.4, -0.2) is 40.9 Å². The molecule has 1 aliphatic heterocycles. The lowest BCUT2D eigenvalue weighted by atomic mass is 10.0. The van der Waals surface area contributed by atoms with Crippen LogP contribution in [0.1, 0.15) is 12.0 Å². The Bertz CT molecular complexity index is 553. The standard InChI is InChI=1S/C13H20N2O4S/c1-18-13(5-6-19-10-13)9-15-20(16,17)8-11-3-2-4-12(14)7-11/h2-4,7,15H,5-6,8-10,14H2,1H3. The lowest BCUT2D eigenvalue weighted by molar-refractivity contribution is -0.0120. The number of sulfonamides is 1. The van der Waals surface area contributed by atoms with E-state index in [0.717, 1.165) is 0 Å². The van der Waals surface area contributed by atoms with Crippen molar-refractivity contribution in [1.29, 1.82) is 0 Å². The molecule has 1 aromatic rings. The van der Waals surface area contributed by atoms with Gasteiger partial charge in [-0.15, -0.1) is 0 Å². The molecule has 112 valence electrons. The second kappa shape index (κ2) is 6.09. The van der Waals surface area contributed by atoms with Crippen LogP contribution < -0.4 is 10.5 Å². The monoisotopic (exact) mass is 300 g/mol. The van der Waals surface area contributed by atoms with Gasteiger partial charge in [-0.1, -0.05) is 12.1 Å². The minimum absolute atomic E-state index is 0.0985. The lowest BCUT2D eigenvalue weighted by Gasteiger charge is -2.25. The fourth-order valence-electron chi connectivity index (χ4n) is 2.16. The first kappa shape index (κ1) is 15.2. The van der Waals surface area contributed by atoms with E-state index in [9.17, 15) is 8.42 Å². The van der Waals surface area contributed by atoms with Crippen molar-refractivity contribution in [2.24, 2.45) is 0 Å². The fraction of sp³-hybridized carbons (Fsp3) is 0.538. The van der Waals surface area contributed by atoms with Gasteiger partial charge in [0, 0.05) is 32.4 Å². The number of nitrogens with one attached hydrogen (secondary N) is 1. The maximum Gasteiger partial charge on any atom is 0.215 e. The molecule has 0 amide bonds. The summed E-state index contributed by atoms with van der Waals surface area (Å²) in [6, 6.07) is 6.85. The third kappa shape index (κ3) is 3.92. The number of hydrogen-bond acceptors (Lipinski definition) is 5. The summed E-state index contributed by atoms with van der Waals surface area (Å²) in [6.07, 6.45) is 0.685. The quantitative estimate of drug-likeness (QED) is 0.746. The van der Waals surface area contributed by atoms with Gasteiger partial charge in [0.2, 0.25) is 10.0 Å². The molecule has 1 heterocycles. The van der Waals surface area contributed by atoms with Gasteiger partial charge in [-0.3, -0.25) is 0 Å². The molecule has 1 saturated heterocycles. The Morgan fingerprint density at radius 3 is 2.90 bits per heavy atom. The Hall–Kier alpha value is -1.15. The smallest absolute Gasteiger partial charge is 0.215 e. The molecule has 6 nitrogen and oxygen atoms in total. The number of hydrogen-bond donors (Lipinski definition) is 2. The average molecular weight is 300 g/mol. The summed E-state index contributed by atoms with van der Waals surface area (Å²) in [7, 11) is -1.86. The molecule has 1 unspecified atom stereocenters. The van der Waals surface area contributed by atoms with Gasteiger partial charge in [0.15, 0.2) is 0 Å². The Morgan fingerprint density at radius 1 is 1.50 bits per heavy atom. The molecule has 2 rings (SSSR count). The van der Waals surface area contributed by atoms with Crippen molar-refractivity contribution in [3.05, 3.63) is 29.8 Å². The van der Waals surface area contributed by atoms with Crippen LogP contribution in [0.2, 0.25) is 0 Å². The third-order valence-electron chi connectivity index (χ3n) is 3.42. The minimum atomic E-state index is -3.43. The molecule has 3 N–H and O–H groups in total. The highest BCUT2D eigenvalue weighted by Crippen LogP contribution is 2.22. The summed E-state index contributed by atoms with van der Waals surface area (Å²) in [5.74, 6) is -0.0985. The predicted molar refractivity (Wildman–Crippen MR) is 76.7 cm³/mol. The van der Waals surface area contributed by atoms with E-state index in [0.29, 0.717) is 30.9 Å². The molecule has 0 aromatic heterocycles. The average Bonchev–Trinajstić information content (AvgIpc) is 2.86. The molecule has 20 heavy (non-hydrogen) atoms. The fourth-order valence-corrected chi connectivity index (χ4v) is 3.36. The predicted octanol–water partition coefficient (Wildman–Crippen LogP) is 0.494. The normalized spacial score (nSPS) is 23.1. The van der Waals surface area contributed by atoms with E-state index in [2.05, 4.69) is 4.72 Å². The van der Waals surface area contributed by atoms with E-state index in [1.54, 1.807) is 31.4 Å². The number of nitrogens with two attached hydrogens (primary N) is 1. The van der Waals surface area contributed by atoms with Crippen molar-refractivity contribution in [3.8, 4) is 0 Å². The molecular weight excluding hydrogens is 280 g/mol. The number of nitrogen functional groups attached to an aromatic ring is 1. The van der Waals surface area contributed by atoms with Gasteiger partial charge in [-0.25, -0.2) is 13.1 Å². The van der Waals surface area contributed by atoms with Crippen molar-refractivity contribution in [2.45, 2.75) is 17.8 Å². The molecule has 7 heteroatoms. The molecule has 0 radical (unpaired) electrons. The highest BCUT2D eigenvalue weighted by Gasteiger charge is 2.35. The zero-order chi connectivity index (χ0) is 14.6. The van der Waals surface area contributed by atoms with Crippen molar-refractivity contribution in [2.75, 3.05) is 32.6 Å². The van der Waals surface area contributed by atoms with Gasteiger partial charge in [0.25, 0.3) is 0 Å². The Morgan fingerprint density at radius 2 is 2.30 bits per heavy atom. The van der Waals surface area contributed by atoms with Gasteiger partial charge in [-0.05, 0) is 17.7 Å². The Balaban J connectivity index is 1.97. The summed E-state index contributed by atoms with van der Waals surface area (Å²) in [6.45, 7) is 1.21. The van der Waals surface area contributed by atoms with Crippen molar-refractivity contribution < 1.29 is 17.9 Å². The second-order valence-corrected chi connectivity index (χ2v) is 6.82. The Labute approximate surface area is 119 Å². The summed E-state index contributed by atoms with van der Waals surface area (Å²) >= 11 is 0. The number of anilines is 1. The number of ether oxygens (including phenoxy) is 2. The minimum Gasteiger partial charge on any atom is -0.399 e. The summed E-state index contributed by atoms with van der Waals surface area (Å²) in [4.78, 5) is 0. The zero-order valence-corrected chi connectivity index (χ0v) is 12.3. The SMILES string of the molecule is COC1(CNS(=O)(=O)Cc2cccc(N)c2)CCOC1. The van der Waals surface area contributed by atoms with Crippen LogP contribution in [0.3, 0.4) is 0 Å².